The van der Waals surface area contributed by atoms with Crippen molar-refractivity contribution in [3.05, 3.63) is 0 Å². The van der Waals surface area contributed by atoms with Crippen LogP contribution in [0.3, 0.4) is 0 Å². The van der Waals surface area contributed by atoms with E-state index in [0.717, 1.165) is 19.6 Å². The van der Waals surface area contributed by atoms with Gasteiger partial charge < -0.3 is 15.5 Å². The van der Waals surface area contributed by atoms with Crippen molar-refractivity contribution in [2.75, 3.05) is 33.2 Å². The number of hydrogen-bond acceptors (Lipinski definition) is 3. The Morgan fingerprint density at radius 3 is 2.22 bits per heavy atom. The summed E-state index contributed by atoms with van der Waals surface area (Å²) in [4.78, 5) is 16.2. The molecule has 0 saturated carbocycles. The Kier molecular flexibility index (Phi) is 9.98. The van der Waals surface area contributed by atoms with E-state index in [4.69, 9.17) is 5.73 Å². The van der Waals surface area contributed by atoms with Crippen LogP contribution in [0.2, 0.25) is 0 Å². The third-order valence-corrected chi connectivity index (χ3v) is 3.54. The highest BCUT2D eigenvalue weighted by atomic mass is 16.2. The number of rotatable bonds is 10. The quantitative estimate of drug-likeness (QED) is 0.606. The summed E-state index contributed by atoms with van der Waals surface area (Å²) in [6, 6.07) is 0.176. The predicted octanol–water partition coefficient (Wildman–Crippen LogP) is 1.69. The second-order valence-electron chi connectivity index (χ2n) is 4.85. The molecule has 0 aromatic rings. The topological polar surface area (TPSA) is 49.6 Å². The van der Waals surface area contributed by atoms with Crippen molar-refractivity contribution < 1.29 is 4.79 Å². The fourth-order valence-corrected chi connectivity index (χ4v) is 2.12. The molecule has 0 aliphatic heterocycles. The van der Waals surface area contributed by atoms with Crippen LogP contribution in [0.15, 0.2) is 0 Å². The van der Waals surface area contributed by atoms with Gasteiger partial charge in [-0.2, -0.15) is 0 Å². The van der Waals surface area contributed by atoms with Gasteiger partial charge in [0, 0.05) is 32.1 Å². The molecule has 0 spiro atoms. The number of carbonyl (C=O) groups is 1. The van der Waals surface area contributed by atoms with Crippen LogP contribution in [0.5, 0.6) is 0 Å². The molecule has 108 valence electrons. The van der Waals surface area contributed by atoms with Crippen molar-refractivity contribution in [3.63, 3.8) is 0 Å². The first-order valence-electron chi connectivity index (χ1n) is 7.28. The minimum Gasteiger partial charge on any atom is -0.343 e. The van der Waals surface area contributed by atoms with E-state index < -0.39 is 0 Å². The summed E-state index contributed by atoms with van der Waals surface area (Å²) in [5, 5.41) is 0. The Morgan fingerprint density at radius 2 is 1.78 bits per heavy atom. The SMILES string of the molecule is CCCCCN(C)C(CN)CC(=O)N(CC)CC. The number of nitrogens with zero attached hydrogens (tertiary/aromatic N) is 2. The highest BCUT2D eigenvalue weighted by Crippen LogP contribution is 2.06. The summed E-state index contributed by atoms with van der Waals surface area (Å²) in [6.07, 6.45) is 4.19. The smallest absolute Gasteiger partial charge is 0.224 e. The zero-order valence-electron chi connectivity index (χ0n) is 12.6. The third kappa shape index (κ3) is 6.36. The van der Waals surface area contributed by atoms with E-state index >= 15 is 0 Å². The fourth-order valence-electron chi connectivity index (χ4n) is 2.12. The van der Waals surface area contributed by atoms with Gasteiger partial charge in [0.25, 0.3) is 0 Å². The molecule has 0 aromatic heterocycles. The first-order chi connectivity index (χ1) is 8.60. The van der Waals surface area contributed by atoms with Gasteiger partial charge in [0.1, 0.15) is 0 Å². The number of hydrogen-bond donors (Lipinski definition) is 1. The monoisotopic (exact) mass is 257 g/mol. The van der Waals surface area contributed by atoms with Gasteiger partial charge in [-0.25, -0.2) is 0 Å². The summed E-state index contributed by atoms with van der Waals surface area (Å²) < 4.78 is 0. The highest BCUT2D eigenvalue weighted by molar-refractivity contribution is 5.76. The first kappa shape index (κ1) is 17.4. The molecule has 1 atom stereocenters. The Bertz CT molecular complexity index is 217. The van der Waals surface area contributed by atoms with Gasteiger partial charge in [-0.1, -0.05) is 19.8 Å². The molecule has 0 fully saturated rings. The summed E-state index contributed by atoms with van der Waals surface area (Å²) in [7, 11) is 2.07. The average molecular weight is 257 g/mol. The highest BCUT2D eigenvalue weighted by Gasteiger charge is 2.19. The molecular formula is C14H31N3O. The Morgan fingerprint density at radius 1 is 1.17 bits per heavy atom. The van der Waals surface area contributed by atoms with Gasteiger partial charge in [-0.15, -0.1) is 0 Å². The van der Waals surface area contributed by atoms with Crippen molar-refractivity contribution in [1.29, 1.82) is 0 Å². The molecule has 18 heavy (non-hydrogen) atoms. The summed E-state index contributed by atoms with van der Waals surface area (Å²) in [5.41, 5.74) is 5.80. The van der Waals surface area contributed by atoms with E-state index in [1.807, 2.05) is 18.7 Å². The van der Waals surface area contributed by atoms with Crippen molar-refractivity contribution in [2.24, 2.45) is 5.73 Å². The molecule has 0 aromatic carbocycles. The molecule has 1 amide bonds. The van der Waals surface area contributed by atoms with Crippen molar-refractivity contribution in [2.45, 2.75) is 52.5 Å². The summed E-state index contributed by atoms with van der Waals surface area (Å²) in [5.74, 6) is 0.220. The molecule has 0 saturated heterocycles. The molecule has 4 heteroatoms. The number of likely N-dealkylation sites (N-methyl/N-ethyl adjacent to an activating group) is 1. The zero-order valence-corrected chi connectivity index (χ0v) is 12.6. The van der Waals surface area contributed by atoms with Crippen molar-refractivity contribution >= 4 is 5.91 Å². The van der Waals surface area contributed by atoms with E-state index in [1.165, 1.54) is 19.3 Å². The van der Waals surface area contributed by atoms with E-state index in [1.54, 1.807) is 0 Å². The van der Waals surface area contributed by atoms with Crippen LogP contribution in [0, 0.1) is 0 Å². The van der Waals surface area contributed by atoms with Crippen LogP contribution in [-0.2, 0) is 4.79 Å². The van der Waals surface area contributed by atoms with Crippen LogP contribution >= 0.6 is 0 Å². The average Bonchev–Trinajstić information content (AvgIpc) is 2.37. The lowest BCUT2D eigenvalue weighted by atomic mass is 10.1. The number of nitrogens with two attached hydrogens (primary N) is 1. The second-order valence-corrected chi connectivity index (χ2v) is 4.85. The zero-order chi connectivity index (χ0) is 14.0. The van der Waals surface area contributed by atoms with Crippen LogP contribution in [0.1, 0.15) is 46.5 Å². The van der Waals surface area contributed by atoms with Crippen molar-refractivity contribution in [1.82, 2.24) is 9.80 Å². The number of amides is 1. The maximum atomic E-state index is 12.1. The molecule has 0 aliphatic carbocycles. The summed E-state index contributed by atoms with van der Waals surface area (Å²) >= 11 is 0. The Labute approximate surface area is 113 Å². The minimum atomic E-state index is 0.176. The van der Waals surface area contributed by atoms with Crippen LogP contribution in [-0.4, -0.2) is 55.0 Å². The molecule has 0 radical (unpaired) electrons. The van der Waals surface area contributed by atoms with E-state index in [-0.39, 0.29) is 11.9 Å². The molecule has 1 unspecified atom stereocenters. The molecule has 0 rings (SSSR count). The van der Waals surface area contributed by atoms with Gasteiger partial charge in [-0.05, 0) is 33.9 Å². The lowest BCUT2D eigenvalue weighted by molar-refractivity contribution is -0.132. The first-order valence-corrected chi connectivity index (χ1v) is 7.28. The fraction of sp³-hybridized carbons (Fsp3) is 0.929. The molecule has 0 aliphatic rings. The van der Waals surface area contributed by atoms with E-state index in [0.29, 0.717) is 13.0 Å². The Hall–Kier alpha value is -0.610. The normalized spacial score (nSPS) is 12.8. The maximum Gasteiger partial charge on any atom is 0.224 e. The lowest BCUT2D eigenvalue weighted by Crippen LogP contribution is -2.43. The molecule has 2 N–H and O–H groups in total. The molecule has 0 heterocycles. The van der Waals surface area contributed by atoms with E-state index in [9.17, 15) is 4.79 Å². The van der Waals surface area contributed by atoms with Gasteiger partial charge in [0.05, 0.1) is 0 Å². The largest absolute Gasteiger partial charge is 0.343 e. The Balaban J connectivity index is 4.19. The number of carbonyl (C=O) groups excluding carboxylic acids is 1. The van der Waals surface area contributed by atoms with E-state index in [2.05, 4.69) is 18.9 Å². The molecule has 4 nitrogen and oxygen atoms in total. The van der Waals surface area contributed by atoms with Gasteiger partial charge in [0.2, 0.25) is 5.91 Å². The predicted molar refractivity (Wildman–Crippen MR) is 77.5 cm³/mol. The van der Waals surface area contributed by atoms with Gasteiger partial charge in [-0.3, -0.25) is 4.79 Å². The van der Waals surface area contributed by atoms with Crippen molar-refractivity contribution in [3.8, 4) is 0 Å². The standard InChI is InChI=1S/C14H31N3O/c1-5-8-9-10-16(4)13(12-15)11-14(18)17(6-2)7-3/h13H,5-12,15H2,1-4H3. The summed E-state index contributed by atoms with van der Waals surface area (Å²) in [6.45, 7) is 9.38. The number of unbranched alkanes of at least 4 members (excludes halogenated alkanes) is 2. The molecular weight excluding hydrogens is 226 g/mol. The molecule has 0 bridgehead atoms. The van der Waals surface area contributed by atoms with Crippen LogP contribution in [0.25, 0.3) is 0 Å². The van der Waals surface area contributed by atoms with Gasteiger partial charge >= 0.3 is 0 Å². The lowest BCUT2D eigenvalue weighted by Gasteiger charge is -2.28. The second kappa shape index (κ2) is 10.3. The van der Waals surface area contributed by atoms with Crippen LogP contribution < -0.4 is 5.73 Å². The minimum absolute atomic E-state index is 0.176. The van der Waals surface area contributed by atoms with Crippen LogP contribution in [0.4, 0.5) is 0 Å². The van der Waals surface area contributed by atoms with Gasteiger partial charge in [0.15, 0.2) is 0 Å². The maximum absolute atomic E-state index is 12.1. The third-order valence-electron chi connectivity index (χ3n) is 3.54.